The number of hydrogen-bond donors (Lipinski definition) is 2. The van der Waals surface area contributed by atoms with Crippen molar-refractivity contribution in [3.05, 3.63) is 29.8 Å². The molecule has 3 rings (SSSR count). The number of benzene rings is 1. The van der Waals surface area contributed by atoms with E-state index >= 15 is 0 Å². The first kappa shape index (κ1) is 18.4. The molecule has 0 aromatic heterocycles. The predicted molar refractivity (Wildman–Crippen MR) is 94.9 cm³/mol. The number of hydrogen-bond acceptors (Lipinski definition) is 4. The summed E-state index contributed by atoms with van der Waals surface area (Å²) in [5.74, 6) is -0.205. The normalized spacial score (nSPS) is 22.0. The van der Waals surface area contributed by atoms with Gasteiger partial charge in [-0.25, -0.2) is 13.1 Å². The maximum Gasteiger partial charge on any atom is 0.251 e. The van der Waals surface area contributed by atoms with Crippen LogP contribution >= 0.6 is 0 Å². The van der Waals surface area contributed by atoms with E-state index in [1.165, 1.54) is 18.6 Å². The van der Waals surface area contributed by atoms with E-state index in [1.807, 2.05) is 0 Å². The van der Waals surface area contributed by atoms with Crippen LogP contribution in [0, 0.1) is 0 Å². The number of nitrogens with one attached hydrogen (secondary N) is 2. The average molecular weight is 366 g/mol. The molecule has 0 spiro atoms. The van der Waals surface area contributed by atoms with E-state index in [9.17, 15) is 13.2 Å². The van der Waals surface area contributed by atoms with Crippen molar-refractivity contribution in [2.24, 2.45) is 0 Å². The molecule has 0 radical (unpaired) electrons. The van der Waals surface area contributed by atoms with E-state index in [1.54, 1.807) is 12.1 Å². The lowest BCUT2D eigenvalue weighted by Gasteiger charge is -2.22. The number of ether oxygens (including phenoxy) is 1. The third-order valence-corrected chi connectivity index (χ3v) is 6.29. The molecule has 1 amide bonds. The molecule has 7 heteroatoms. The second-order valence-corrected chi connectivity index (χ2v) is 8.59. The van der Waals surface area contributed by atoms with Gasteiger partial charge in [0, 0.05) is 24.8 Å². The Morgan fingerprint density at radius 3 is 2.64 bits per heavy atom. The summed E-state index contributed by atoms with van der Waals surface area (Å²) in [7, 11) is -3.65. The number of carbonyl (C=O) groups is 1. The molecule has 0 bridgehead atoms. The Labute approximate surface area is 149 Å². The Balaban J connectivity index is 1.63. The molecule has 1 saturated carbocycles. The fourth-order valence-corrected chi connectivity index (χ4v) is 4.52. The Morgan fingerprint density at radius 1 is 1.12 bits per heavy atom. The van der Waals surface area contributed by atoms with Gasteiger partial charge in [-0.15, -0.1) is 0 Å². The predicted octanol–water partition coefficient (Wildman–Crippen LogP) is 2.21. The van der Waals surface area contributed by atoms with E-state index in [0.29, 0.717) is 12.2 Å². The Morgan fingerprint density at radius 2 is 1.92 bits per heavy atom. The van der Waals surface area contributed by atoms with Gasteiger partial charge in [-0.3, -0.25) is 4.79 Å². The van der Waals surface area contributed by atoms with Gasteiger partial charge in [0.2, 0.25) is 10.0 Å². The first-order chi connectivity index (χ1) is 12.0. The van der Waals surface area contributed by atoms with E-state index in [-0.39, 0.29) is 29.5 Å². The van der Waals surface area contributed by atoms with Crippen molar-refractivity contribution in [1.29, 1.82) is 0 Å². The summed E-state index contributed by atoms with van der Waals surface area (Å²) in [4.78, 5) is 12.5. The van der Waals surface area contributed by atoms with Gasteiger partial charge in [0.15, 0.2) is 0 Å². The fourth-order valence-electron chi connectivity index (χ4n) is 3.41. The summed E-state index contributed by atoms with van der Waals surface area (Å²) in [5.41, 5.74) is 0.380. The molecule has 0 unspecified atom stereocenters. The van der Waals surface area contributed by atoms with Crippen molar-refractivity contribution in [2.75, 3.05) is 13.2 Å². The van der Waals surface area contributed by atoms with Gasteiger partial charge in [0.1, 0.15) is 0 Å². The maximum atomic E-state index is 12.5. The minimum atomic E-state index is -3.65. The van der Waals surface area contributed by atoms with Crippen LogP contribution in [0.15, 0.2) is 29.2 Å². The Bertz CT molecular complexity index is 693. The van der Waals surface area contributed by atoms with Crippen LogP contribution in [0.2, 0.25) is 0 Å². The minimum Gasteiger partial charge on any atom is -0.377 e. The summed E-state index contributed by atoms with van der Waals surface area (Å²) < 4.78 is 32.9. The van der Waals surface area contributed by atoms with Crippen molar-refractivity contribution in [3.8, 4) is 0 Å². The molecule has 1 aliphatic carbocycles. The standard InChI is InChI=1S/C18H26N2O4S/c21-18(20-15-7-2-1-3-8-15)14-6-4-10-17(12-14)25(22,23)19-13-16-9-5-11-24-16/h4,6,10,12,15-16,19H,1-3,5,7-9,11,13H2,(H,20,21)/t16-/m1/s1. The highest BCUT2D eigenvalue weighted by molar-refractivity contribution is 7.89. The molecule has 1 aromatic carbocycles. The third-order valence-electron chi connectivity index (χ3n) is 4.87. The van der Waals surface area contributed by atoms with Gasteiger partial charge in [-0.05, 0) is 43.9 Å². The van der Waals surface area contributed by atoms with Crippen LogP contribution in [0.3, 0.4) is 0 Å². The number of amides is 1. The van der Waals surface area contributed by atoms with Gasteiger partial charge in [-0.1, -0.05) is 25.3 Å². The molecule has 1 aromatic rings. The van der Waals surface area contributed by atoms with Crippen LogP contribution in [0.5, 0.6) is 0 Å². The van der Waals surface area contributed by atoms with Gasteiger partial charge >= 0.3 is 0 Å². The van der Waals surface area contributed by atoms with Crippen molar-refractivity contribution < 1.29 is 17.9 Å². The Hall–Kier alpha value is -1.44. The topological polar surface area (TPSA) is 84.5 Å². The van der Waals surface area contributed by atoms with E-state index < -0.39 is 10.0 Å². The highest BCUT2D eigenvalue weighted by Crippen LogP contribution is 2.19. The first-order valence-electron chi connectivity index (χ1n) is 9.07. The largest absolute Gasteiger partial charge is 0.377 e. The second-order valence-electron chi connectivity index (χ2n) is 6.82. The molecule has 25 heavy (non-hydrogen) atoms. The van der Waals surface area contributed by atoms with Gasteiger partial charge in [-0.2, -0.15) is 0 Å². The summed E-state index contributed by atoms with van der Waals surface area (Å²) >= 11 is 0. The van der Waals surface area contributed by atoms with Gasteiger partial charge in [0.25, 0.3) is 5.91 Å². The molecule has 2 fully saturated rings. The summed E-state index contributed by atoms with van der Waals surface area (Å²) in [6.45, 7) is 0.948. The molecule has 2 N–H and O–H groups in total. The van der Waals surface area contributed by atoms with E-state index in [2.05, 4.69) is 10.0 Å². The summed E-state index contributed by atoms with van der Waals surface area (Å²) in [6, 6.07) is 6.40. The van der Waals surface area contributed by atoms with Crippen molar-refractivity contribution in [3.63, 3.8) is 0 Å². The molecule has 2 aliphatic rings. The molecule has 1 heterocycles. The fraction of sp³-hybridized carbons (Fsp3) is 0.611. The lowest BCUT2D eigenvalue weighted by Crippen LogP contribution is -2.36. The van der Waals surface area contributed by atoms with Crippen LogP contribution < -0.4 is 10.0 Å². The van der Waals surface area contributed by atoms with Crippen LogP contribution in [0.4, 0.5) is 0 Å². The van der Waals surface area contributed by atoms with Crippen molar-refractivity contribution >= 4 is 15.9 Å². The molecule has 1 aliphatic heterocycles. The Kier molecular flexibility index (Phi) is 6.09. The van der Waals surface area contributed by atoms with Crippen LogP contribution in [-0.2, 0) is 14.8 Å². The third kappa shape index (κ3) is 5.03. The average Bonchev–Trinajstić information content (AvgIpc) is 3.15. The summed E-state index contributed by atoms with van der Waals surface area (Å²) in [6.07, 6.45) is 7.23. The van der Waals surface area contributed by atoms with Crippen LogP contribution in [0.1, 0.15) is 55.3 Å². The number of sulfonamides is 1. The molecule has 1 saturated heterocycles. The smallest absolute Gasteiger partial charge is 0.251 e. The SMILES string of the molecule is O=C(NC1CCCCC1)c1cccc(S(=O)(=O)NC[C@H]2CCCO2)c1. The zero-order valence-electron chi connectivity index (χ0n) is 14.4. The van der Waals surface area contributed by atoms with Gasteiger partial charge in [0.05, 0.1) is 11.0 Å². The van der Waals surface area contributed by atoms with E-state index in [4.69, 9.17) is 4.74 Å². The highest BCUT2D eigenvalue weighted by Gasteiger charge is 2.22. The molecular formula is C18H26N2O4S. The minimum absolute atomic E-state index is 0.0624. The van der Waals surface area contributed by atoms with E-state index in [0.717, 1.165) is 38.5 Å². The van der Waals surface area contributed by atoms with Gasteiger partial charge < -0.3 is 10.1 Å². The van der Waals surface area contributed by atoms with Crippen LogP contribution in [-0.4, -0.2) is 39.6 Å². The summed E-state index contributed by atoms with van der Waals surface area (Å²) in [5, 5.41) is 3.02. The monoisotopic (exact) mass is 366 g/mol. The molecular weight excluding hydrogens is 340 g/mol. The quantitative estimate of drug-likeness (QED) is 0.808. The first-order valence-corrected chi connectivity index (χ1v) is 10.5. The zero-order valence-corrected chi connectivity index (χ0v) is 15.2. The zero-order chi connectivity index (χ0) is 17.7. The number of carbonyl (C=O) groups excluding carboxylic acids is 1. The molecule has 138 valence electrons. The lowest BCUT2D eigenvalue weighted by atomic mass is 9.95. The number of rotatable bonds is 6. The van der Waals surface area contributed by atoms with Crippen LogP contribution in [0.25, 0.3) is 0 Å². The molecule has 6 nitrogen and oxygen atoms in total. The maximum absolute atomic E-state index is 12.5. The second kappa shape index (κ2) is 8.29. The molecule has 1 atom stereocenters. The van der Waals surface area contributed by atoms with Crippen molar-refractivity contribution in [1.82, 2.24) is 10.0 Å². The lowest BCUT2D eigenvalue weighted by molar-refractivity contribution is 0.0927. The van der Waals surface area contributed by atoms with Crippen molar-refractivity contribution in [2.45, 2.75) is 62.0 Å². The highest BCUT2D eigenvalue weighted by atomic mass is 32.2.